The van der Waals surface area contributed by atoms with Gasteiger partial charge < -0.3 is 20.3 Å². The number of hydrogen-bond acceptors (Lipinski definition) is 4. The van der Waals surface area contributed by atoms with Gasteiger partial charge in [0.25, 0.3) is 0 Å². The molecule has 1 saturated carbocycles. The number of nitrogens with one attached hydrogen (secondary N) is 2. The summed E-state index contributed by atoms with van der Waals surface area (Å²) in [5.41, 5.74) is 1.24. The van der Waals surface area contributed by atoms with Crippen molar-refractivity contribution in [2.24, 2.45) is 4.99 Å². The van der Waals surface area contributed by atoms with Gasteiger partial charge in [-0.2, -0.15) is 11.8 Å². The third-order valence-electron chi connectivity index (χ3n) is 5.11. The minimum absolute atomic E-state index is 0.00399. The molecule has 1 aliphatic rings. The van der Waals surface area contributed by atoms with Crippen LogP contribution in [0.5, 0.6) is 5.75 Å². The molecule has 1 aromatic carbocycles. The van der Waals surface area contributed by atoms with Crippen molar-refractivity contribution < 1.29 is 9.53 Å². The molecule has 1 amide bonds. The van der Waals surface area contributed by atoms with Gasteiger partial charge in [-0.05, 0) is 49.1 Å². The molecule has 0 heterocycles. The number of amides is 1. The number of methoxy groups -OCH3 is 1. The predicted molar refractivity (Wildman–Crippen MR) is 123 cm³/mol. The van der Waals surface area contributed by atoms with Gasteiger partial charge in [0.05, 0.1) is 7.11 Å². The van der Waals surface area contributed by atoms with Crippen molar-refractivity contribution in [3.63, 3.8) is 0 Å². The predicted octanol–water partition coefficient (Wildman–Crippen LogP) is 2.93. The molecule has 2 N–H and O–H groups in total. The van der Waals surface area contributed by atoms with Gasteiger partial charge in [-0.15, -0.1) is 0 Å². The monoisotopic (exact) mass is 420 g/mol. The zero-order valence-corrected chi connectivity index (χ0v) is 19.1. The number of rotatable bonds is 9. The molecule has 2 atom stereocenters. The molecule has 0 aromatic heterocycles. The Morgan fingerprint density at radius 3 is 2.69 bits per heavy atom. The lowest BCUT2D eigenvalue weighted by atomic mass is 9.95. The SMILES string of the molecule is CCSC1CCCC(NC(=NCC(=O)N(C)C)NCCc2ccc(OC)cc2)C1. The van der Waals surface area contributed by atoms with E-state index >= 15 is 0 Å². The molecule has 7 heteroatoms. The summed E-state index contributed by atoms with van der Waals surface area (Å²) in [6, 6.07) is 8.52. The Bertz CT molecular complexity index is 647. The number of nitrogens with zero attached hydrogens (tertiary/aromatic N) is 2. The first kappa shape index (κ1) is 23.4. The standard InChI is InChI=1S/C22H36N4O2S/c1-5-29-20-8-6-7-18(15-20)25-22(24-16-21(27)26(2)3)23-14-13-17-9-11-19(28-4)12-10-17/h9-12,18,20H,5-8,13-16H2,1-4H3,(H2,23,24,25). The summed E-state index contributed by atoms with van der Waals surface area (Å²) in [5.74, 6) is 2.77. The maximum atomic E-state index is 12.0. The normalized spacial score (nSPS) is 19.5. The van der Waals surface area contributed by atoms with Gasteiger partial charge >= 0.3 is 0 Å². The number of guanidine groups is 1. The smallest absolute Gasteiger partial charge is 0.243 e. The molecular formula is C22H36N4O2S. The molecule has 0 bridgehead atoms. The lowest BCUT2D eigenvalue weighted by Crippen LogP contribution is -2.46. The van der Waals surface area contributed by atoms with Crippen molar-refractivity contribution in [3.05, 3.63) is 29.8 Å². The van der Waals surface area contributed by atoms with Crippen molar-refractivity contribution in [2.75, 3.05) is 40.0 Å². The van der Waals surface area contributed by atoms with Crippen LogP contribution in [-0.4, -0.2) is 68.1 Å². The van der Waals surface area contributed by atoms with Gasteiger partial charge in [0.15, 0.2) is 5.96 Å². The minimum atomic E-state index is 0.00399. The molecule has 1 aliphatic carbocycles. The average molecular weight is 421 g/mol. The minimum Gasteiger partial charge on any atom is -0.497 e. The Kier molecular flexibility index (Phi) is 10.2. The molecular weight excluding hydrogens is 384 g/mol. The second-order valence-electron chi connectivity index (χ2n) is 7.56. The first-order chi connectivity index (χ1) is 14.0. The van der Waals surface area contributed by atoms with Crippen molar-refractivity contribution in [1.82, 2.24) is 15.5 Å². The van der Waals surface area contributed by atoms with Crippen LogP contribution in [0.25, 0.3) is 0 Å². The van der Waals surface area contributed by atoms with E-state index in [0.29, 0.717) is 6.04 Å². The summed E-state index contributed by atoms with van der Waals surface area (Å²) in [6.45, 7) is 3.14. The Morgan fingerprint density at radius 2 is 2.03 bits per heavy atom. The van der Waals surface area contributed by atoms with Crippen LogP contribution in [0.2, 0.25) is 0 Å². The van der Waals surface area contributed by atoms with E-state index in [2.05, 4.69) is 46.4 Å². The maximum absolute atomic E-state index is 12.0. The summed E-state index contributed by atoms with van der Waals surface area (Å²) in [7, 11) is 5.19. The Labute approximate surface area is 179 Å². The van der Waals surface area contributed by atoms with Gasteiger partial charge in [-0.3, -0.25) is 4.79 Å². The topological polar surface area (TPSA) is 66.0 Å². The van der Waals surface area contributed by atoms with Crippen LogP contribution in [0.1, 0.15) is 38.2 Å². The van der Waals surface area contributed by atoms with Gasteiger partial charge in [-0.25, -0.2) is 4.99 Å². The highest BCUT2D eigenvalue weighted by molar-refractivity contribution is 7.99. The zero-order valence-electron chi connectivity index (χ0n) is 18.2. The highest BCUT2D eigenvalue weighted by atomic mass is 32.2. The van der Waals surface area contributed by atoms with Crippen LogP contribution in [0.4, 0.5) is 0 Å². The number of thioether (sulfide) groups is 1. The van der Waals surface area contributed by atoms with Crippen molar-refractivity contribution in [3.8, 4) is 5.75 Å². The van der Waals surface area contributed by atoms with E-state index in [-0.39, 0.29) is 12.5 Å². The van der Waals surface area contributed by atoms with Crippen molar-refractivity contribution in [2.45, 2.75) is 50.3 Å². The third kappa shape index (κ3) is 8.56. The molecule has 1 aromatic rings. The average Bonchev–Trinajstić information content (AvgIpc) is 2.72. The molecule has 29 heavy (non-hydrogen) atoms. The summed E-state index contributed by atoms with van der Waals surface area (Å²) < 4.78 is 5.21. The Hall–Kier alpha value is -1.89. The van der Waals surface area contributed by atoms with Crippen LogP contribution >= 0.6 is 11.8 Å². The highest BCUT2D eigenvalue weighted by Crippen LogP contribution is 2.28. The zero-order chi connectivity index (χ0) is 21.1. The summed E-state index contributed by atoms with van der Waals surface area (Å²) in [5, 5.41) is 7.71. The van der Waals surface area contributed by atoms with E-state index in [0.717, 1.165) is 48.5 Å². The van der Waals surface area contributed by atoms with E-state index in [9.17, 15) is 4.79 Å². The molecule has 0 radical (unpaired) electrons. The maximum Gasteiger partial charge on any atom is 0.243 e. The molecule has 2 unspecified atom stereocenters. The lowest BCUT2D eigenvalue weighted by molar-refractivity contribution is -0.127. The second-order valence-corrected chi connectivity index (χ2v) is 9.14. The fourth-order valence-electron chi connectivity index (χ4n) is 3.41. The fraction of sp³-hybridized carbons (Fsp3) is 0.636. The fourth-order valence-corrected chi connectivity index (χ4v) is 4.59. The van der Waals surface area contributed by atoms with Crippen LogP contribution < -0.4 is 15.4 Å². The Balaban J connectivity index is 1.92. The number of carbonyl (C=O) groups excluding carboxylic acids is 1. The van der Waals surface area contributed by atoms with E-state index in [4.69, 9.17) is 4.74 Å². The molecule has 162 valence electrons. The molecule has 2 rings (SSSR count). The van der Waals surface area contributed by atoms with Gasteiger partial charge in [0.1, 0.15) is 12.3 Å². The number of carbonyl (C=O) groups is 1. The second kappa shape index (κ2) is 12.6. The van der Waals surface area contributed by atoms with E-state index < -0.39 is 0 Å². The number of hydrogen-bond donors (Lipinski definition) is 2. The van der Waals surface area contributed by atoms with Gasteiger partial charge in [0.2, 0.25) is 5.91 Å². The number of ether oxygens (including phenoxy) is 1. The largest absolute Gasteiger partial charge is 0.497 e. The third-order valence-corrected chi connectivity index (χ3v) is 6.34. The van der Waals surface area contributed by atoms with Crippen LogP contribution in [0.3, 0.4) is 0 Å². The first-order valence-corrected chi connectivity index (χ1v) is 11.6. The van der Waals surface area contributed by atoms with Crippen LogP contribution in [0, 0.1) is 0 Å². The number of aliphatic imine (C=N–C) groups is 1. The van der Waals surface area contributed by atoms with Crippen LogP contribution in [-0.2, 0) is 11.2 Å². The first-order valence-electron chi connectivity index (χ1n) is 10.5. The van der Waals surface area contributed by atoms with E-state index in [1.54, 1.807) is 26.1 Å². The molecule has 1 fully saturated rings. The van der Waals surface area contributed by atoms with E-state index in [1.165, 1.54) is 18.4 Å². The number of likely N-dealkylation sites (N-methyl/N-ethyl adjacent to an activating group) is 1. The van der Waals surface area contributed by atoms with Crippen molar-refractivity contribution >= 4 is 23.6 Å². The number of benzene rings is 1. The highest BCUT2D eigenvalue weighted by Gasteiger charge is 2.22. The summed E-state index contributed by atoms with van der Waals surface area (Å²) in [6.07, 6.45) is 5.73. The van der Waals surface area contributed by atoms with Crippen molar-refractivity contribution in [1.29, 1.82) is 0 Å². The molecule has 0 aliphatic heterocycles. The van der Waals surface area contributed by atoms with Gasteiger partial charge in [-0.1, -0.05) is 25.5 Å². The van der Waals surface area contributed by atoms with Crippen LogP contribution in [0.15, 0.2) is 29.3 Å². The molecule has 0 spiro atoms. The quantitative estimate of drug-likeness (QED) is 0.475. The lowest BCUT2D eigenvalue weighted by Gasteiger charge is -2.30. The summed E-state index contributed by atoms with van der Waals surface area (Å²) >= 11 is 2.05. The summed E-state index contributed by atoms with van der Waals surface area (Å²) in [4.78, 5) is 18.1. The molecule has 0 saturated heterocycles. The molecule has 6 nitrogen and oxygen atoms in total. The Morgan fingerprint density at radius 1 is 1.28 bits per heavy atom. The van der Waals surface area contributed by atoms with Gasteiger partial charge in [0, 0.05) is 31.9 Å². The van der Waals surface area contributed by atoms with E-state index in [1.807, 2.05) is 12.1 Å².